The van der Waals surface area contributed by atoms with Crippen LogP contribution in [0.25, 0.3) is 11.1 Å². The number of Topliss-reactive ketones (excluding diaryl/α,β-unsaturated/α-hetero) is 2. The molecule has 0 aromatic heterocycles. The first-order chi connectivity index (χ1) is 20.9. The van der Waals surface area contributed by atoms with E-state index in [1.807, 2.05) is 0 Å². The topological polar surface area (TPSA) is 196 Å². The van der Waals surface area contributed by atoms with Gasteiger partial charge in [-0.2, -0.15) is 0 Å². The number of phenolic OH excluding ortho intramolecular Hbond substituents is 1. The van der Waals surface area contributed by atoms with Crippen molar-refractivity contribution in [1.82, 2.24) is 0 Å². The Kier molecular flexibility index (Phi) is 6.77. The first kappa shape index (κ1) is 28.7. The minimum atomic E-state index is -2.62. The number of fused-ring (bicyclic) bond motifs is 3. The third kappa shape index (κ3) is 4.32. The van der Waals surface area contributed by atoms with Crippen molar-refractivity contribution in [2.45, 2.75) is 24.9 Å². The molecule has 0 fully saturated rings. The Labute approximate surface area is 250 Å². The Morgan fingerprint density at radius 3 is 2.27 bits per heavy atom. The summed E-state index contributed by atoms with van der Waals surface area (Å²) in [7, 11) is 1.54. The van der Waals surface area contributed by atoms with E-state index in [1.165, 1.54) is 13.2 Å². The molecular weight excluding hydrogens is 568 g/mol. The number of nitrogens with one attached hydrogen (secondary N) is 1. The van der Waals surface area contributed by atoms with E-state index in [4.69, 9.17) is 10.5 Å². The minimum absolute atomic E-state index is 0.0361. The second kappa shape index (κ2) is 10.4. The largest absolute Gasteiger partial charge is 0.511 e. The van der Waals surface area contributed by atoms with Crippen molar-refractivity contribution in [3.05, 3.63) is 100 Å². The molecule has 0 saturated carbocycles. The summed E-state index contributed by atoms with van der Waals surface area (Å²) >= 11 is 0. The Morgan fingerprint density at radius 1 is 0.955 bits per heavy atom. The van der Waals surface area contributed by atoms with Crippen LogP contribution >= 0.6 is 0 Å². The highest BCUT2D eigenvalue weighted by atomic mass is 16.5. The molecule has 0 heterocycles. The maximum absolute atomic E-state index is 13.8. The Balaban J connectivity index is 1.33. The molecule has 11 heteroatoms. The fourth-order valence-electron chi connectivity index (χ4n) is 6.57. The van der Waals surface area contributed by atoms with Gasteiger partial charge in [-0.05, 0) is 77.9 Å². The zero-order valence-corrected chi connectivity index (χ0v) is 23.5. The molecule has 224 valence electrons. The highest BCUT2D eigenvalue weighted by Crippen LogP contribution is 2.52. The van der Waals surface area contributed by atoms with Crippen molar-refractivity contribution in [1.29, 1.82) is 0 Å². The summed E-state index contributed by atoms with van der Waals surface area (Å²) in [5, 5.41) is 46.5. The number of amides is 2. The number of nitrogens with two attached hydrogens (primary N) is 1. The molecule has 44 heavy (non-hydrogen) atoms. The van der Waals surface area contributed by atoms with E-state index in [0.29, 0.717) is 33.7 Å². The summed E-state index contributed by atoms with van der Waals surface area (Å²) in [5.74, 6) is -6.44. The zero-order valence-electron chi connectivity index (χ0n) is 23.5. The fraction of sp³-hybridized carbons (Fsp3) is 0.212. The Morgan fingerprint density at radius 2 is 1.64 bits per heavy atom. The Bertz CT molecular complexity index is 1820. The molecule has 6 rings (SSSR count). The zero-order chi connectivity index (χ0) is 31.5. The van der Waals surface area contributed by atoms with Gasteiger partial charge in [0.05, 0.1) is 12.7 Å². The predicted octanol–water partition coefficient (Wildman–Crippen LogP) is 3.51. The van der Waals surface area contributed by atoms with Gasteiger partial charge in [-0.3, -0.25) is 19.2 Å². The number of ketones is 2. The first-order valence-corrected chi connectivity index (χ1v) is 13.8. The van der Waals surface area contributed by atoms with Gasteiger partial charge in [0.2, 0.25) is 5.78 Å². The molecule has 3 atom stereocenters. The molecule has 3 aromatic rings. The van der Waals surface area contributed by atoms with Crippen LogP contribution in [0.15, 0.2) is 83.3 Å². The monoisotopic (exact) mass is 596 g/mol. The predicted molar refractivity (Wildman–Crippen MR) is 157 cm³/mol. The normalized spacial score (nSPS) is 22.6. The standard InChI is InChI=1S/C33H28N2O9/c1-44-20-8-4-16(5-9-20)32(42)35-19-6-2-15(3-7-19)21-10-11-23(36)26-22(21)13-17-12-18-14-24(37)27(31(34)41)30(40)33(18,43)29(39)25(17)28(26)38/h2-11,17-18,36-37,39,43H,12-14H2,1H3,(H2,34,41)(H,35,42)/t17-,18+,33+/m1/s1. The number of benzene rings is 3. The number of aliphatic hydroxyl groups excluding tert-OH is 2. The van der Waals surface area contributed by atoms with Crippen LogP contribution in [-0.2, 0) is 16.0 Å². The molecule has 0 unspecified atom stereocenters. The second-order valence-electron chi connectivity index (χ2n) is 11.2. The van der Waals surface area contributed by atoms with Gasteiger partial charge in [0.25, 0.3) is 11.8 Å². The lowest BCUT2D eigenvalue weighted by Gasteiger charge is -2.45. The van der Waals surface area contributed by atoms with Gasteiger partial charge in [-0.25, -0.2) is 0 Å². The van der Waals surface area contributed by atoms with Gasteiger partial charge in [-0.1, -0.05) is 18.2 Å². The number of primary amides is 1. The van der Waals surface area contributed by atoms with Crippen LogP contribution < -0.4 is 15.8 Å². The molecule has 0 radical (unpaired) electrons. The minimum Gasteiger partial charge on any atom is -0.511 e. The second-order valence-corrected chi connectivity index (χ2v) is 11.2. The number of ether oxygens (including phenoxy) is 1. The van der Waals surface area contributed by atoms with Crippen molar-refractivity contribution in [2.75, 3.05) is 12.4 Å². The van der Waals surface area contributed by atoms with Crippen LogP contribution in [0.5, 0.6) is 11.5 Å². The molecule has 3 aromatic carbocycles. The molecule has 3 aliphatic carbocycles. The molecule has 7 N–H and O–H groups in total. The lowest BCUT2D eigenvalue weighted by Crippen LogP contribution is -2.57. The van der Waals surface area contributed by atoms with Crippen LogP contribution in [0.4, 0.5) is 5.69 Å². The van der Waals surface area contributed by atoms with E-state index < -0.39 is 52.0 Å². The van der Waals surface area contributed by atoms with Crippen LogP contribution in [0.3, 0.4) is 0 Å². The van der Waals surface area contributed by atoms with Crippen molar-refractivity contribution in [2.24, 2.45) is 17.6 Å². The molecule has 0 saturated heterocycles. The highest BCUT2D eigenvalue weighted by Gasteiger charge is 2.59. The molecule has 11 nitrogen and oxygen atoms in total. The average Bonchev–Trinajstić information content (AvgIpc) is 2.99. The van der Waals surface area contributed by atoms with E-state index >= 15 is 0 Å². The van der Waals surface area contributed by atoms with E-state index in [1.54, 1.807) is 54.6 Å². The van der Waals surface area contributed by atoms with Gasteiger partial charge in [0, 0.05) is 29.2 Å². The van der Waals surface area contributed by atoms with E-state index in [9.17, 15) is 39.6 Å². The van der Waals surface area contributed by atoms with Crippen LogP contribution in [0.1, 0.15) is 39.1 Å². The van der Waals surface area contributed by atoms with Gasteiger partial charge in [0.15, 0.2) is 11.4 Å². The van der Waals surface area contributed by atoms with Crippen LogP contribution in [0, 0.1) is 11.8 Å². The summed E-state index contributed by atoms with van der Waals surface area (Å²) in [4.78, 5) is 51.5. The van der Waals surface area contributed by atoms with E-state index in [-0.39, 0.29) is 42.1 Å². The maximum atomic E-state index is 13.8. The maximum Gasteiger partial charge on any atom is 0.255 e. The summed E-state index contributed by atoms with van der Waals surface area (Å²) < 4.78 is 5.12. The van der Waals surface area contributed by atoms with E-state index in [0.717, 1.165) is 0 Å². The molecule has 0 spiro atoms. The number of aliphatic hydroxyl groups is 3. The number of carbonyl (C=O) groups is 4. The van der Waals surface area contributed by atoms with Gasteiger partial charge >= 0.3 is 0 Å². The SMILES string of the molecule is COc1ccc(C(=O)Nc2ccc(-c3ccc(O)c4c3C[C@H]3C[C@H]5CC(O)=C(C(N)=O)C(=O)[C@@]5(O)C(O)=C3C4=O)cc2)cc1. The third-order valence-electron chi connectivity index (χ3n) is 8.75. The van der Waals surface area contributed by atoms with Crippen LogP contribution in [0.2, 0.25) is 0 Å². The number of rotatable bonds is 5. The Hall–Kier alpha value is -5.42. The number of carbonyl (C=O) groups excluding carboxylic acids is 4. The van der Waals surface area contributed by atoms with Crippen molar-refractivity contribution < 1.29 is 44.3 Å². The number of methoxy groups -OCH3 is 1. The summed E-state index contributed by atoms with van der Waals surface area (Å²) in [6.07, 6.45) is -0.0889. The van der Waals surface area contributed by atoms with Gasteiger partial charge < -0.3 is 36.2 Å². The summed E-state index contributed by atoms with van der Waals surface area (Å²) in [6, 6.07) is 16.6. The number of hydrogen-bond donors (Lipinski definition) is 6. The molecule has 2 amide bonds. The third-order valence-corrected chi connectivity index (χ3v) is 8.75. The number of hydrogen-bond acceptors (Lipinski definition) is 9. The number of allylic oxidation sites excluding steroid dienone is 2. The number of aromatic hydroxyl groups is 1. The fourth-order valence-corrected chi connectivity index (χ4v) is 6.57. The molecule has 3 aliphatic rings. The highest BCUT2D eigenvalue weighted by molar-refractivity contribution is 6.24. The number of phenols is 1. The van der Waals surface area contributed by atoms with Crippen molar-refractivity contribution in [3.63, 3.8) is 0 Å². The number of anilines is 1. The first-order valence-electron chi connectivity index (χ1n) is 13.8. The van der Waals surface area contributed by atoms with Gasteiger partial charge in [-0.15, -0.1) is 0 Å². The molecule has 0 aliphatic heterocycles. The van der Waals surface area contributed by atoms with Crippen molar-refractivity contribution in [3.8, 4) is 22.6 Å². The quantitative estimate of drug-likeness (QED) is 0.239. The lowest BCUT2D eigenvalue weighted by atomic mass is 9.60. The van der Waals surface area contributed by atoms with E-state index in [2.05, 4.69) is 5.32 Å². The molecule has 0 bridgehead atoms. The average molecular weight is 597 g/mol. The lowest BCUT2D eigenvalue weighted by molar-refractivity contribution is -0.144. The summed E-state index contributed by atoms with van der Waals surface area (Å²) in [5.41, 5.74) is 4.34. The van der Waals surface area contributed by atoms with Gasteiger partial charge in [0.1, 0.15) is 28.6 Å². The van der Waals surface area contributed by atoms with Crippen LogP contribution in [-0.4, -0.2) is 56.5 Å². The van der Waals surface area contributed by atoms with Crippen molar-refractivity contribution >= 4 is 29.1 Å². The summed E-state index contributed by atoms with van der Waals surface area (Å²) in [6.45, 7) is 0. The molecular formula is C33H28N2O9. The smallest absolute Gasteiger partial charge is 0.255 e.